The molecule has 0 spiro atoms. The number of rotatable bonds is 25. The minimum Gasteiger partial charge on any atom is -0.330 e. The van der Waals surface area contributed by atoms with Crippen molar-refractivity contribution in [3.63, 3.8) is 0 Å². The van der Waals surface area contributed by atoms with Gasteiger partial charge in [0, 0.05) is 6.42 Å². The molecule has 5 nitrogen and oxygen atoms in total. The summed E-state index contributed by atoms with van der Waals surface area (Å²) in [6, 6.07) is 0. The fraction of sp³-hybridized carbons (Fsp3) is 0.964. The number of hydrogen-bond acceptors (Lipinski definition) is 3. The number of Topliss-reactive ketones (excluding diaryl/α,β-unsaturated/α-hetero) is 1. The largest absolute Gasteiger partial charge is 0.333 e. The number of unbranched alkanes of at least 4 members (excludes halogenated alkanes) is 15. The Balaban J connectivity index is 3.76. The van der Waals surface area contributed by atoms with Crippen LogP contribution >= 0.6 is 7.60 Å². The van der Waals surface area contributed by atoms with Crippen molar-refractivity contribution in [1.82, 2.24) is 0 Å². The van der Waals surface area contributed by atoms with Crippen LogP contribution in [0.15, 0.2) is 0 Å². The SMILES string of the molecule is CCCCCCCCCCCCCCCCCCC(COP(=O)(O)CC[N+](C)(C)C)CC(C)=O. The first-order valence-corrected chi connectivity index (χ1v) is 16.1. The van der Waals surface area contributed by atoms with Gasteiger partial charge in [0.1, 0.15) is 5.78 Å². The van der Waals surface area contributed by atoms with Crippen molar-refractivity contribution in [2.24, 2.45) is 5.92 Å². The monoisotopic (exact) mass is 504 g/mol. The minimum atomic E-state index is -3.59. The average molecular weight is 505 g/mol. The molecule has 0 aliphatic carbocycles. The Hall–Kier alpha value is -0.220. The maximum absolute atomic E-state index is 12.3. The van der Waals surface area contributed by atoms with Gasteiger partial charge in [-0.1, -0.05) is 110 Å². The summed E-state index contributed by atoms with van der Waals surface area (Å²) in [5.41, 5.74) is 0. The van der Waals surface area contributed by atoms with Crippen LogP contribution < -0.4 is 0 Å². The molecule has 0 aromatic carbocycles. The highest BCUT2D eigenvalue weighted by molar-refractivity contribution is 7.52. The molecule has 0 aliphatic rings. The molecule has 6 heteroatoms. The summed E-state index contributed by atoms with van der Waals surface area (Å²) in [7, 11) is 2.40. The quantitative estimate of drug-likeness (QED) is 0.0774. The lowest BCUT2D eigenvalue weighted by Crippen LogP contribution is -2.37. The fourth-order valence-electron chi connectivity index (χ4n) is 4.34. The molecule has 2 unspecified atom stereocenters. The maximum Gasteiger partial charge on any atom is 0.333 e. The predicted molar refractivity (Wildman–Crippen MR) is 146 cm³/mol. The molecule has 0 saturated heterocycles. The highest BCUT2D eigenvalue weighted by atomic mass is 31.2. The van der Waals surface area contributed by atoms with Gasteiger partial charge in [-0.3, -0.25) is 4.57 Å². The van der Waals surface area contributed by atoms with Crippen molar-refractivity contribution in [2.45, 2.75) is 129 Å². The van der Waals surface area contributed by atoms with E-state index in [4.69, 9.17) is 4.52 Å². The Bertz CT molecular complexity index is 533. The average Bonchev–Trinajstić information content (AvgIpc) is 2.75. The second kappa shape index (κ2) is 20.9. The number of quaternary nitrogens is 1. The van der Waals surface area contributed by atoms with E-state index in [0.29, 0.717) is 17.4 Å². The van der Waals surface area contributed by atoms with Crippen LogP contribution in [0.25, 0.3) is 0 Å². The van der Waals surface area contributed by atoms with Gasteiger partial charge in [0.25, 0.3) is 0 Å². The molecule has 0 aromatic heterocycles. The van der Waals surface area contributed by atoms with E-state index in [0.717, 1.165) is 12.8 Å². The Labute approximate surface area is 212 Å². The van der Waals surface area contributed by atoms with Gasteiger partial charge < -0.3 is 18.7 Å². The molecule has 0 aromatic rings. The summed E-state index contributed by atoms with van der Waals surface area (Å²) in [5, 5.41) is 0. The summed E-state index contributed by atoms with van der Waals surface area (Å²) in [4.78, 5) is 21.7. The normalized spacial score (nSPS) is 14.8. The zero-order valence-corrected chi connectivity index (χ0v) is 24.4. The standard InChI is InChI=1S/C28H58NO4P/c1-6-7-8-9-10-11-12-13-14-15-16-17-18-19-20-21-22-28(25-27(2)30)26-33-34(31,32)24-23-29(3,4)5/h28H,6-26H2,1-5H3/p+1. The molecule has 0 radical (unpaired) electrons. The van der Waals surface area contributed by atoms with E-state index in [2.05, 4.69) is 6.92 Å². The second-order valence-corrected chi connectivity index (χ2v) is 13.5. The highest BCUT2D eigenvalue weighted by Gasteiger charge is 2.25. The van der Waals surface area contributed by atoms with Crippen LogP contribution in [0.2, 0.25) is 0 Å². The summed E-state index contributed by atoms with van der Waals surface area (Å²) in [6.45, 7) is 4.67. The molecule has 0 heterocycles. The van der Waals surface area contributed by atoms with E-state index in [1.54, 1.807) is 6.92 Å². The lowest BCUT2D eigenvalue weighted by atomic mass is 9.96. The topological polar surface area (TPSA) is 63.6 Å². The van der Waals surface area contributed by atoms with Crippen LogP contribution in [0.5, 0.6) is 0 Å². The van der Waals surface area contributed by atoms with Crippen LogP contribution in [0.3, 0.4) is 0 Å². The molecule has 0 amide bonds. The van der Waals surface area contributed by atoms with E-state index >= 15 is 0 Å². The van der Waals surface area contributed by atoms with Crippen molar-refractivity contribution in [3.8, 4) is 0 Å². The van der Waals surface area contributed by atoms with Gasteiger partial charge >= 0.3 is 7.60 Å². The zero-order chi connectivity index (χ0) is 25.7. The highest BCUT2D eigenvalue weighted by Crippen LogP contribution is 2.42. The van der Waals surface area contributed by atoms with Gasteiger partial charge in [0.15, 0.2) is 0 Å². The summed E-state index contributed by atoms with van der Waals surface area (Å²) < 4.78 is 18.4. The van der Waals surface area contributed by atoms with Crippen LogP contribution in [-0.4, -0.2) is 55.6 Å². The molecule has 204 valence electrons. The predicted octanol–water partition coefficient (Wildman–Crippen LogP) is 8.14. The minimum absolute atomic E-state index is 0.0498. The second-order valence-electron chi connectivity index (χ2n) is 11.5. The first-order chi connectivity index (χ1) is 16.1. The van der Waals surface area contributed by atoms with Crippen molar-refractivity contribution in [1.29, 1.82) is 0 Å². The molecular weight excluding hydrogens is 445 g/mol. The number of hydrogen-bond donors (Lipinski definition) is 1. The molecule has 0 saturated carbocycles. The Morgan fingerprint density at radius 2 is 1.21 bits per heavy atom. The molecule has 0 bridgehead atoms. The first kappa shape index (κ1) is 33.8. The zero-order valence-electron chi connectivity index (χ0n) is 23.5. The number of carbonyl (C=O) groups is 1. The van der Waals surface area contributed by atoms with Gasteiger partial charge in [-0.25, -0.2) is 0 Å². The van der Waals surface area contributed by atoms with E-state index < -0.39 is 7.60 Å². The third kappa shape index (κ3) is 24.9. The summed E-state index contributed by atoms with van der Waals surface area (Å²) in [5.74, 6) is 0.179. The third-order valence-electron chi connectivity index (χ3n) is 6.61. The van der Waals surface area contributed by atoms with E-state index in [-0.39, 0.29) is 24.5 Å². The Morgan fingerprint density at radius 1 is 0.794 bits per heavy atom. The maximum atomic E-state index is 12.3. The first-order valence-electron chi connectivity index (χ1n) is 14.3. The molecule has 0 fully saturated rings. The van der Waals surface area contributed by atoms with Gasteiger partial charge in [-0.05, 0) is 19.3 Å². The van der Waals surface area contributed by atoms with Crippen molar-refractivity contribution in [3.05, 3.63) is 0 Å². The molecule has 2 atom stereocenters. The van der Waals surface area contributed by atoms with Crippen molar-refractivity contribution in [2.75, 3.05) is 40.5 Å². The number of carbonyl (C=O) groups excluding carboxylic acids is 1. The van der Waals surface area contributed by atoms with Gasteiger partial charge in [0.05, 0.1) is 40.5 Å². The van der Waals surface area contributed by atoms with E-state index in [1.165, 1.54) is 96.3 Å². The lowest BCUT2D eigenvalue weighted by molar-refractivity contribution is -0.867. The molecular formula is C28H59NO4P+. The Morgan fingerprint density at radius 3 is 1.59 bits per heavy atom. The van der Waals surface area contributed by atoms with Crippen LogP contribution in [0.4, 0.5) is 0 Å². The smallest absolute Gasteiger partial charge is 0.330 e. The van der Waals surface area contributed by atoms with Crippen molar-refractivity contribution < 1.29 is 23.3 Å². The Kier molecular flexibility index (Phi) is 20.8. The lowest BCUT2D eigenvalue weighted by Gasteiger charge is -2.25. The van der Waals surface area contributed by atoms with E-state index in [9.17, 15) is 14.3 Å². The number of ketones is 1. The van der Waals surface area contributed by atoms with E-state index in [1.807, 2.05) is 21.1 Å². The van der Waals surface area contributed by atoms with Crippen molar-refractivity contribution >= 4 is 13.4 Å². The fourth-order valence-corrected chi connectivity index (χ4v) is 5.77. The third-order valence-corrected chi connectivity index (χ3v) is 7.93. The molecule has 0 aliphatic heterocycles. The summed E-state index contributed by atoms with van der Waals surface area (Å²) in [6.07, 6.45) is 23.0. The van der Waals surface area contributed by atoms with Crippen LogP contribution in [0, 0.1) is 5.92 Å². The molecule has 34 heavy (non-hydrogen) atoms. The molecule has 0 rings (SSSR count). The van der Waals surface area contributed by atoms with Gasteiger partial charge in [0.2, 0.25) is 0 Å². The van der Waals surface area contributed by atoms with Gasteiger partial charge in [-0.2, -0.15) is 0 Å². The molecule has 1 N–H and O–H groups in total. The summed E-state index contributed by atoms with van der Waals surface area (Å²) >= 11 is 0. The van der Waals surface area contributed by atoms with Gasteiger partial charge in [-0.15, -0.1) is 0 Å². The van der Waals surface area contributed by atoms with Crippen LogP contribution in [0.1, 0.15) is 129 Å². The van der Waals surface area contributed by atoms with Crippen LogP contribution in [-0.2, 0) is 13.9 Å². The number of nitrogens with zero attached hydrogens (tertiary/aromatic N) is 1.